The van der Waals surface area contributed by atoms with Crippen LogP contribution < -0.4 is 4.90 Å². The molecule has 0 N–H and O–H groups in total. The predicted molar refractivity (Wildman–Crippen MR) is 85.4 cm³/mol. The quantitative estimate of drug-likeness (QED) is 0.815. The Morgan fingerprint density at radius 3 is 2.57 bits per heavy atom. The van der Waals surface area contributed by atoms with Crippen molar-refractivity contribution in [2.75, 3.05) is 31.1 Å². The molecule has 0 spiro atoms. The van der Waals surface area contributed by atoms with E-state index in [0.717, 1.165) is 43.9 Å². The molecule has 4 rings (SSSR count). The molecule has 7 nitrogen and oxygen atoms in total. The van der Waals surface area contributed by atoms with Crippen LogP contribution in [0.3, 0.4) is 0 Å². The second kappa shape index (κ2) is 5.64. The SMILES string of the molecule is Cn1nc(C(=O)N2CCN(c3ncccn3)CC2)c2c1CCC2. The maximum absolute atomic E-state index is 12.8. The van der Waals surface area contributed by atoms with Crippen molar-refractivity contribution in [1.29, 1.82) is 0 Å². The molecule has 1 aliphatic heterocycles. The Kier molecular flexibility index (Phi) is 3.48. The van der Waals surface area contributed by atoms with Crippen LogP contribution in [0.5, 0.6) is 0 Å². The van der Waals surface area contributed by atoms with Gasteiger partial charge in [-0.2, -0.15) is 5.10 Å². The zero-order valence-electron chi connectivity index (χ0n) is 13.3. The highest BCUT2D eigenvalue weighted by Gasteiger charge is 2.30. The van der Waals surface area contributed by atoms with Gasteiger partial charge < -0.3 is 9.80 Å². The molecule has 1 fully saturated rings. The van der Waals surface area contributed by atoms with Gasteiger partial charge in [-0.1, -0.05) is 0 Å². The van der Waals surface area contributed by atoms with E-state index >= 15 is 0 Å². The molecular formula is C16H20N6O. The first-order valence-electron chi connectivity index (χ1n) is 8.10. The monoisotopic (exact) mass is 312 g/mol. The van der Waals surface area contributed by atoms with Gasteiger partial charge in [0, 0.05) is 56.9 Å². The predicted octanol–water partition coefficient (Wildman–Crippen LogP) is 0.661. The fourth-order valence-electron chi connectivity index (χ4n) is 3.50. The number of rotatable bonds is 2. The van der Waals surface area contributed by atoms with Crippen molar-refractivity contribution in [2.24, 2.45) is 7.05 Å². The van der Waals surface area contributed by atoms with Crippen LogP contribution in [0.15, 0.2) is 18.5 Å². The summed E-state index contributed by atoms with van der Waals surface area (Å²) in [6, 6.07) is 1.81. The molecule has 0 radical (unpaired) electrons. The van der Waals surface area contributed by atoms with E-state index in [1.54, 1.807) is 12.4 Å². The zero-order chi connectivity index (χ0) is 15.8. The average molecular weight is 312 g/mol. The molecule has 0 aromatic carbocycles. The van der Waals surface area contributed by atoms with Gasteiger partial charge in [-0.3, -0.25) is 9.48 Å². The van der Waals surface area contributed by atoms with Crippen molar-refractivity contribution >= 4 is 11.9 Å². The van der Waals surface area contributed by atoms with Crippen molar-refractivity contribution in [3.8, 4) is 0 Å². The molecule has 3 heterocycles. The normalized spacial score (nSPS) is 17.4. The lowest BCUT2D eigenvalue weighted by Crippen LogP contribution is -2.49. The molecule has 0 bridgehead atoms. The first-order valence-corrected chi connectivity index (χ1v) is 8.10. The van der Waals surface area contributed by atoms with E-state index in [1.807, 2.05) is 22.7 Å². The second-order valence-electron chi connectivity index (χ2n) is 6.08. The van der Waals surface area contributed by atoms with E-state index in [0.29, 0.717) is 18.8 Å². The number of hydrogen-bond donors (Lipinski definition) is 0. The summed E-state index contributed by atoms with van der Waals surface area (Å²) in [4.78, 5) is 25.4. The highest BCUT2D eigenvalue weighted by atomic mass is 16.2. The first-order chi connectivity index (χ1) is 11.2. The Labute approximate surface area is 134 Å². The summed E-state index contributed by atoms with van der Waals surface area (Å²) in [5.41, 5.74) is 3.04. The fraction of sp³-hybridized carbons (Fsp3) is 0.500. The minimum absolute atomic E-state index is 0.0670. The smallest absolute Gasteiger partial charge is 0.274 e. The number of hydrogen-bond acceptors (Lipinski definition) is 5. The summed E-state index contributed by atoms with van der Waals surface area (Å²) in [6.45, 7) is 2.88. The van der Waals surface area contributed by atoms with Gasteiger partial charge in [-0.25, -0.2) is 9.97 Å². The van der Waals surface area contributed by atoms with Crippen molar-refractivity contribution in [3.63, 3.8) is 0 Å². The lowest BCUT2D eigenvalue weighted by molar-refractivity contribution is 0.0738. The van der Waals surface area contributed by atoms with Gasteiger partial charge in [0.1, 0.15) is 0 Å². The van der Waals surface area contributed by atoms with Crippen LogP contribution in [0.4, 0.5) is 5.95 Å². The van der Waals surface area contributed by atoms with E-state index in [2.05, 4.69) is 20.0 Å². The molecule has 0 atom stereocenters. The Bertz CT molecular complexity index is 718. The van der Waals surface area contributed by atoms with Gasteiger partial charge in [0.2, 0.25) is 5.95 Å². The van der Waals surface area contributed by atoms with Crippen molar-refractivity contribution in [1.82, 2.24) is 24.6 Å². The number of carbonyl (C=O) groups is 1. The number of anilines is 1. The average Bonchev–Trinajstić information content (AvgIpc) is 3.20. The summed E-state index contributed by atoms with van der Waals surface area (Å²) in [7, 11) is 1.94. The van der Waals surface area contributed by atoms with Crippen molar-refractivity contribution in [3.05, 3.63) is 35.4 Å². The molecule has 23 heavy (non-hydrogen) atoms. The Balaban J connectivity index is 1.47. The molecule has 0 saturated carbocycles. The van der Waals surface area contributed by atoms with Crippen LogP contribution >= 0.6 is 0 Å². The largest absolute Gasteiger partial charge is 0.337 e. The number of fused-ring (bicyclic) bond motifs is 1. The third-order valence-electron chi connectivity index (χ3n) is 4.72. The maximum Gasteiger partial charge on any atom is 0.274 e. The number of amides is 1. The Hall–Kier alpha value is -2.44. The van der Waals surface area contributed by atoms with Gasteiger partial charge in [0.05, 0.1) is 0 Å². The van der Waals surface area contributed by atoms with Crippen LogP contribution in [0, 0.1) is 0 Å². The second-order valence-corrected chi connectivity index (χ2v) is 6.08. The molecule has 120 valence electrons. The van der Waals surface area contributed by atoms with Crippen molar-refractivity contribution in [2.45, 2.75) is 19.3 Å². The fourth-order valence-corrected chi connectivity index (χ4v) is 3.50. The third-order valence-corrected chi connectivity index (χ3v) is 4.72. The summed E-state index contributed by atoms with van der Waals surface area (Å²) < 4.78 is 1.88. The molecule has 2 aromatic rings. The first kappa shape index (κ1) is 14.2. The molecule has 7 heteroatoms. The molecular weight excluding hydrogens is 292 g/mol. The number of piperazine rings is 1. The highest BCUT2D eigenvalue weighted by molar-refractivity contribution is 5.94. The Morgan fingerprint density at radius 2 is 1.83 bits per heavy atom. The lowest BCUT2D eigenvalue weighted by Gasteiger charge is -2.34. The van der Waals surface area contributed by atoms with Crippen LogP contribution in [-0.4, -0.2) is 56.7 Å². The van der Waals surface area contributed by atoms with Crippen LogP contribution in [0.1, 0.15) is 28.2 Å². The number of nitrogens with zero attached hydrogens (tertiary/aromatic N) is 6. The lowest BCUT2D eigenvalue weighted by atomic mass is 10.1. The topological polar surface area (TPSA) is 67.2 Å². The summed E-state index contributed by atoms with van der Waals surface area (Å²) >= 11 is 0. The third kappa shape index (κ3) is 2.46. The summed E-state index contributed by atoms with van der Waals surface area (Å²) in [5.74, 6) is 0.802. The minimum Gasteiger partial charge on any atom is -0.337 e. The molecule has 1 amide bonds. The van der Waals surface area contributed by atoms with E-state index in [4.69, 9.17) is 0 Å². The number of carbonyl (C=O) groups excluding carboxylic acids is 1. The minimum atomic E-state index is 0.0670. The molecule has 1 aliphatic carbocycles. The maximum atomic E-state index is 12.8. The summed E-state index contributed by atoms with van der Waals surface area (Å²) in [5, 5.41) is 4.47. The van der Waals surface area contributed by atoms with Crippen LogP contribution in [-0.2, 0) is 19.9 Å². The van der Waals surface area contributed by atoms with E-state index in [-0.39, 0.29) is 5.91 Å². The van der Waals surface area contributed by atoms with Crippen molar-refractivity contribution < 1.29 is 4.79 Å². The number of aryl methyl sites for hydroxylation is 1. The van der Waals surface area contributed by atoms with Crippen LogP contribution in [0.25, 0.3) is 0 Å². The van der Waals surface area contributed by atoms with E-state index < -0.39 is 0 Å². The van der Waals surface area contributed by atoms with Gasteiger partial charge >= 0.3 is 0 Å². The highest BCUT2D eigenvalue weighted by Crippen LogP contribution is 2.26. The van der Waals surface area contributed by atoms with E-state index in [1.165, 1.54) is 5.69 Å². The van der Waals surface area contributed by atoms with E-state index in [9.17, 15) is 4.79 Å². The molecule has 2 aromatic heterocycles. The Morgan fingerprint density at radius 1 is 1.09 bits per heavy atom. The van der Waals surface area contributed by atoms with Crippen LogP contribution in [0.2, 0.25) is 0 Å². The van der Waals surface area contributed by atoms with Gasteiger partial charge in [0.15, 0.2) is 5.69 Å². The van der Waals surface area contributed by atoms with Gasteiger partial charge in [-0.15, -0.1) is 0 Å². The molecule has 1 saturated heterocycles. The number of aromatic nitrogens is 4. The van der Waals surface area contributed by atoms with Gasteiger partial charge in [-0.05, 0) is 25.3 Å². The summed E-state index contributed by atoms with van der Waals surface area (Å²) in [6.07, 6.45) is 6.63. The molecule has 2 aliphatic rings. The van der Waals surface area contributed by atoms with Gasteiger partial charge in [0.25, 0.3) is 5.91 Å². The molecule has 0 unspecified atom stereocenters. The standard InChI is InChI=1S/C16H20N6O/c1-20-13-5-2-4-12(13)14(19-20)15(23)21-8-10-22(11-9-21)16-17-6-3-7-18-16/h3,6-7H,2,4-5,8-11H2,1H3. The zero-order valence-corrected chi connectivity index (χ0v) is 13.3.